The van der Waals surface area contributed by atoms with E-state index in [1.807, 2.05) is 24.3 Å². The fourth-order valence-electron chi connectivity index (χ4n) is 4.14. The number of carbonyl (C=O) groups excluding carboxylic acids is 1. The SMILES string of the molecule is CS(=O)(=O)OCCc1cc[c]2c3c1OCCCCCn1sc4c(cccc4c1=O)C(=N3)[C](=O)[Sn]2. The fraction of sp³-hybridized carbons (Fsp3) is 0.348. The number of benzene rings is 2. The Morgan fingerprint density at radius 1 is 1.18 bits per heavy atom. The zero-order chi connectivity index (χ0) is 23.9. The Balaban J connectivity index is 1.66. The Hall–Kier alpha value is -2.02. The molecule has 2 aliphatic rings. The summed E-state index contributed by atoms with van der Waals surface area (Å²) in [5.74, 6) is 0.607. The van der Waals surface area contributed by atoms with Crippen molar-refractivity contribution in [1.29, 1.82) is 0 Å². The van der Waals surface area contributed by atoms with Crippen LogP contribution >= 0.6 is 11.5 Å². The molecule has 1 aromatic heterocycles. The van der Waals surface area contributed by atoms with E-state index in [0.717, 1.165) is 39.4 Å². The molecular weight excluding hydrogens is 583 g/mol. The van der Waals surface area contributed by atoms with E-state index < -0.39 is 31.3 Å². The summed E-state index contributed by atoms with van der Waals surface area (Å²) in [5.41, 5.74) is 2.54. The van der Waals surface area contributed by atoms with Crippen molar-refractivity contribution in [2.24, 2.45) is 4.99 Å². The molecule has 0 saturated carbocycles. The molecule has 176 valence electrons. The van der Waals surface area contributed by atoms with Gasteiger partial charge in [0.05, 0.1) is 0 Å². The molecule has 0 N–H and O–H groups in total. The molecule has 0 fully saturated rings. The molecule has 3 heterocycles. The van der Waals surface area contributed by atoms with Crippen LogP contribution in [0.5, 0.6) is 5.75 Å². The molecular formula is C23H22N2O6S2Sn. The predicted molar refractivity (Wildman–Crippen MR) is 133 cm³/mol. The number of aliphatic imine (C=N–C) groups is 1. The number of nitrogens with zero attached hydrogens (tertiary/aromatic N) is 2. The van der Waals surface area contributed by atoms with Gasteiger partial charge in [-0.15, -0.1) is 0 Å². The van der Waals surface area contributed by atoms with Gasteiger partial charge < -0.3 is 0 Å². The van der Waals surface area contributed by atoms with Crippen molar-refractivity contribution >= 4 is 71.7 Å². The molecule has 2 aromatic carbocycles. The zero-order valence-corrected chi connectivity index (χ0v) is 23.0. The van der Waals surface area contributed by atoms with Gasteiger partial charge in [-0.3, -0.25) is 0 Å². The molecule has 5 rings (SSSR count). The van der Waals surface area contributed by atoms with Gasteiger partial charge in [-0.1, -0.05) is 0 Å². The van der Waals surface area contributed by atoms with Crippen LogP contribution in [0, 0.1) is 0 Å². The molecule has 8 nitrogen and oxygen atoms in total. The van der Waals surface area contributed by atoms with E-state index in [4.69, 9.17) is 13.9 Å². The van der Waals surface area contributed by atoms with Crippen molar-refractivity contribution in [2.45, 2.75) is 32.2 Å². The van der Waals surface area contributed by atoms with Gasteiger partial charge >= 0.3 is 212 Å². The summed E-state index contributed by atoms with van der Waals surface area (Å²) in [5, 5.41) is 0.618. The van der Waals surface area contributed by atoms with E-state index in [1.165, 1.54) is 11.5 Å². The van der Waals surface area contributed by atoms with Crippen molar-refractivity contribution in [2.75, 3.05) is 19.5 Å². The van der Waals surface area contributed by atoms with Gasteiger partial charge in [0.15, 0.2) is 0 Å². The molecule has 2 radical (unpaired) electrons. The van der Waals surface area contributed by atoms with Gasteiger partial charge in [0.2, 0.25) is 0 Å². The van der Waals surface area contributed by atoms with Gasteiger partial charge in [-0.05, 0) is 0 Å². The van der Waals surface area contributed by atoms with Gasteiger partial charge in [0.1, 0.15) is 0 Å². The Kier molecular flexibility index (Phi) is 6.66. The minimum atomic E-state index is -3.55. The molecule has 0 amide bonds. The average molecular weight is 605 g/mol. The van der Waals surface area contributed by atoms with Crippen LogP contribution in [0.3, 0.4) is 0 Å². The van der Waals surface area contributed by atoms with E-state index >= 15 is 0 Å². The Morgan fingerprint density at radius 2 is 2.03 bits per heavy atom. The molecule has 34 heavy (non-hydrogen) atoms. The average Bonchev–Trinajstić information content (AvgIpc) is 3.11. The summed E-state index contributed by atoms with van der Waals surface area (Å²) in [6.07, 6.45) is 3.93. The van der Waals surface area contributed by atoms with E-state index in [-0.39, 0.29) is 16.0 Å². The topological polar surface area (TPSA) is 104 Å². The summed E-state index contributed by atoms with van der Waals surface area (Å²) in [7, 11) is -3.55. The molecule has 11 heteroatoms. The van der Waals surface area contributed by atoms with Gasteiger partial charge in [0, 0.05) is 0 Å². The maximum atomic E-state index is 13.2. The van der Waals surface area contributed by atoms with E-state index in [9.17, 15) is 18.0 Å². The van der Waals surface area contributed by atoms with Crippen LogP contribution in [0.1, 0.15) is 30.4 Å². The molecule has 0 atom stereocenters. The van der Waals surface area contributed by atoms with Gasteiger partial charge in [-0.2, -0.15) is 0 Å². The number of rotatable bonds is 4. The first-order valence-corrected chi connectivity index (χ1v) is 16.4. The predicted octanol–water partition coefficient (Wildman–Crippen LogP) is 2.13. The first-order valence-electron chi connectivity index (χ1n) is 11.0. The van der Waals surface area contributed by atoms with Crippen molar-refractivity contribution < 1.29 is 22.1 Å². The van der Waals surface area contributed by atoms with Gasteiger partial charge in [-0.25, -0.2) is 0 Å². The maximum absolute atomic E-state index is 13.2. The van der Waals surface area contributed by atoms with Crippen LogP contribution in [0.2, 0.25) is 0 Å². The third-order valence-corrected chi connectivity index (χ3v) is 10.8. The number of aryl methyl sites for hydroxylation is 1. The minimum absolute atomic E-state index is 0.00422. The number of carbonyl (C=O) groups is 1. The summed E-state index contributed by atoms with van der Waals surface area (Å²) < 4.78 is 37.5. The summed E-state index contributed by atoms with van der Waals surface area (Å²) in [6.45, 7) is 1.11. The molecule has 0 aliphatic carbocycles. The summed E-state index contributed by atoms with van der Waals surface area (Å²) in [4.78, 5) is 30.9. The molecule has 3 aromatic rings. The number of aromatic nitrogens is 1. The Labute approximate surface area is 211 Å². The number of hydrogen-bond donors (Lipinski definition) is 0. The normalized spacial score (nSPS) is 16.3. The molecule has 2 aliphatic heterocycles. The molecule has 0 unspecified atom stereocenters. The molecule has 0 saturated heterocycles. The Morgan fingerprint density at radius 3 is 2.85 bits per heavy atom. The van der Waals surface area contributed by atoms with Crippen molar-refractivity contribution in [3.8, 4) is 5.75 Å². The number of ether oxygens (including phenoxy) is 1. The second-order valence-electron chi connectivity index (χ2n) is 8.23. The van der Waals surface area contributed by atoms with E-state index in [0.29, 0.717) is 47.7 Å². The number of hydrogen-bond acceptors (Lipinski definition) is 8. The van der Waals surface area contributed by atoms with Crippen LogP contribution in [0.25, 0.3) is 10.1 Å². The fourth-order valence-corrected chi connectivity index (χ4v) is 8.55. The van der Waals surface area contributed by atoms with Crippen molar-refractivity contribution in [3.05, 3.63) is 51.8 Å². The second-order valence-corrected chi connectivity index (χ2v) is 14.5. The van der Waals surface area contributed by atoms with Crippen LogP contribution in [0.4, 0.5) is 5.69 Å². The van der Waals surface area contributed by atoms with Gasteiger partial charge in [0.25, 0.3) is 0 Å². The van der Waals surface area contributed by atoms with Crippen molar-refractivity contribution in [3.63, 3.8) is 0 Å². The van der Waals surface area contributed by atoms with Crippen LogP contribution < -0.4 is 13.9 Å². The standard InChI is InChI=1S/C23H22N2O6S2.Sn/c1-33(28,29)31-14-11-16-7-5-10-19-21(16)30-13-4-2-3-12-25-23(27)18-9-6-8-17(22(18)32-25)20(15-26)24-19;/h5-9H,2-4,11-14H2,1H3;. The van der Waals surface area contributed by atoms with Crippen molar-refractivity contribution in [1.82, 2.24) is 3.96 Å². The third-order valence-electron chi connectivity index (χ3n) is 5.75. The van der Waals surface area contributed by atoms with Crippen LogP contribution in [-0.2, 0) is 32.1 Å². The quantitative estimate of drug-likeness (QED) is 0.334. The van der Waals surface area contributed by atoms with Crippen LogP contribution in [-0.4, -0.2) is 62.5 Å². The molecule has 4 bridgehead atoms. The number of fused-ring (bicyclic) bond motifs is 2. The van der Waals surface area contributed by atoms with E-state index in [2.05, 4.69) is 0 Å². The monoisotopic (exact) mass is 606 g/mol. The zero-order valence-electron chi connectivity index (χ0n) is 18.5. The first kappa shape index (κ1) is 23.7. The van der Waals surface area contributed by atoms with E-state index in [1.54, 1.807) is 10.0 Å². The first-order chi connectivity index (χ1) is 16.3. The second kappa shape index (κ2) is 9.56. The Bertz CT molecular complexity index is 1490. The summed E-state index contributed by atoms with van der Waals surface area (Å²) in [6, 6.07) is 9.29. The van der Waals surface area contributed by atoms with Crippen LogP contribution in [0.15, 0.2) is 40.1 Å². The third kappa shape index (κ3) is 4.73. The molecule has 0 spiro atoms. The summed E-state index contributed by atoms with van der Waals surface area (Å²) >= 11 is -0.265.